The first-order valence-electron chi connectivity index (χ1n) is 5.14. The average Bonchev–Trinajstić information content (AvgIpc) is 2.65. The highest BCUT2D eigenvalue weighted by Gasteiger charge is 2.22. The van der Waals surface area contributed by atoms with Crippen LogP contribution in [0.2, 0.25) is 5.15 Å². The number of nitrogens with zero attached hydrogens (tertiary/aromatic N) is 2. The van der Waals surface area contributed by atoms with Crippen LogP contribution >= 0.6 is 27.5 Å². The molecule has 0 amide bonds. The summed E-state index contributed by atoms with van der Waals surface area (Å²) in [5.74, 6) is 0. The minimum atomic E-state index is -0.164. The molecule has 0 bridgehead atoms. The molecule has 0 aliphatic carbocycles. The van der Waals surface area contributed by atoms with E-state index in [2.05, 4.69) is 20.9 Å². The van der Waals surface area contributed by atoms with Gasteiger partial charge in [-0.1, -0.05) is 11.6 Å². The lowest BCUT2D eigenvalue weighted by Crippen LogP contribution is -2.27. The van der Waals surface area contributed by atoms with Crippen LogP contribution in [-0.2, 0) is 11.3 Å². The summed E-state index contributed by atoms with van der Waals surface area (Å²) >= 11 is 8.85. The maximum atomic E-state index is 11.8. The Labute approximate surface area is 107 Å². The number of halogens is 2. The van der Waals surface area contributed by atoms with E-state index < -0.39 is 0 Å². The summed E-state index contributed by atoms with van der Waals surface area (Å²) in [5.41, 5.74) is -0.164. The van der Waals surface area contributed by atoms with Crippen molar-refractivity contribution in [2.75, 3.05) is 0 Å². The fourth-order valence-corrected chi connectivity index (χ4v) is 2.27. The summed E-state index contributed by atoms with van der Waals surface area (Å²) in [5, 5.41) is 0.196. The van der Waals surface area contributed by atoms with Gasteiger partial charge in [-0.3, -0.25) is 9.36 Å². The molecular formula is C10H12BrClN2O2. The zero-order chi connectivity index (χ0) is 11.7. The van der Waals surface area contributed by atoms with Gasteiger partial charge in [0.05, 0.1) is 25.1 Å². The van der Waals surface area contributed by atoms with E-state index in [0.717, 1.165) is 12.8 Å². The second-order valence-electron chi connectivity index (χ2n) is 3.95. The lowest BCUT2D eigenvalue weighted by molar-refractivity contribution is 0.0450. The van der Waals surface area contributed by atoms with E-state index in [1.54, 1.807) is 0 Å². The molecule has 1 aromatic heterocycles. The summed E-state index contributed by atoms with van der Waals surface area (Å²) in [6, 6.07) is 0. The highest BCUT2D eigenvalue weighted by atomic mass is 79.9. The summed E-state index contributed by atoms with van der Waals surface area (Å²) in [4.78, 5) is 15.7. The summed E-state index contributed by atoms with van der Waals surface area (Å²) in [7, 11) is 0. The minimum absolute atomic E-state index is 0.0996. The molecule has 1 fully saturated rings. The van der Waals surface area contributed by atoms with Crippen LogP contribution < -0.4 is 5.56 Å². The summed E-state index contributed by atoms with van der Waals surface area (Å²) < 4.78 is 7.49. The van der Waals surface area contributed by atoms with Crippen LogP contribution in [0.4, 0.5) is 0 Å². The van der Waals surface area contributed by atoms with Crippen LogP contribution in [0, 0.1) is 0 Å². The van der Waals surface area contributed by atoms with Gasteiger partial charge in [0.1, 0.15) is 4.47 Å². The van der Waals surface area contributed by atoms with Gasteiger partial charge in [-0.25, -0.2) is 4.98 Å². The fourth-order valence-electron chi connectivity index (χ4n) is 1.81. The quantitative estimate of drug-likeness (QED) is 0.787. The second kappa shape index (κ2) is 4.85. The second-order valence-corrected chi connectivity index (χ2v) is 5.10. The number of aromatic nitrogens is 2. The van der Waals surface area contributed by atoms with Crippen LogP contribution in [0.1, 0.15) is 19.8 Å². The van der Waals surface area contributed by atoms with E-state index in [-0.39, 0.29) is 22.9 Å². The molecule has 6 heteroatoms. The zero-order valence-corrected chi connectivity index (χ0v) is 11.2. The van der Waals surface area contributed by atoms with Gasteiger partial charge in [0.2, 0.25) is 0 Å². The van der Waals surface area contributed by atoms with Gasteiger partial charge >= 0.3 is 0 Å². The summed E-state index contributed by atoms with van der Waals surface area (Å²) in [6.45, 7) is 2.57. The first-order chi connectivity index (χ1) is 7.58. The Morgan fingerprint density at radius 3 is 3.06 bits per heavy atom. The highest BCUT2D eigenvalue weighted by Crippen LogP contribution is 2.20. The van der Waals surface area contributed by atoms with Crippen molar-refractivity contribution in [3.63, 3.8) is 0 Å². The van der Waals surface area contributed by atoms with Crippen molar-refractivity contribution >= 4 is 27.5 Å². The molecule has 1 aromatic rings. The van der Waals surface area contributed by atoms with Crippen molar-refractivity contribution in [3.8, 4) is 0 Å². The van der Waals surface area contributed by atoms with Crippen molar-refractivity contribution in [2.45, 2.75) is 38.5 Å². The lowest BCUT2D eigenvalue weighted by Gasteiger charge is -2.12. The van der Waals surface area contributed by atoms with Gasteiger partial charge in [0.25, 0.3) is 5.56 Å². The maximum absolute atomic E-state index is 11.8. The molecule has 0 spiro atoms. The molecule has 1 aliphatic heterocycles. The molecular weight excluding hydrogens is 295 g/mol. The van der Waals surface area contributed by atoms with Crippen molar-refractivity contribution in [2.24, 2.45) is 0 Å². The molecule has 0 N–H and O–H groups in total. The SMILES string of the molecule is CC1CCC(Cn2cnc(Cl)c(Br)c2=O)O1. The first kappa shape index (κ1) is 12.1. The van der Waals surface area contributed by atoms with Crippen LogP contribution in [0.15, 0.2) is 15.6 Å². The molecule has 4 nitrogen and oxygen atoms in total. The maximum Gasteiger partial charge on any atom is 0.269 e. The van der Waals surface area contributed by atoms with Gasteiger partial charge in [0.15, 0.2) is 5.15 Å². The summed E-state index contributed by atoms with van der Waals surface area (Å²) in [6.07, 6.45) is 3.86. The van der Waals surface area contributed by atoms with Crippen molar-refractivity contribution in [3.05, 3.63) is 26.3 Å². The Bertz CT molecular complexity index is 449. The predicted molar refractivity (Wildman–Crippen MR) is 64.8 cm³/mol. The number of ether oxygens (including phenoxy) is 1. The molecule has 88 valence electrons. The molecule has 2 heterocycles. The largest absolute Gasteiger partial charge is 0.373 e. The number of rotatable bonds is 2. The third-order valence-electron chi connectivity index (χ3n) is 2.66. The van der Waals surface area contributed by atoms with Crippen molar-refractivity contribution in [1.29, 1.82) is 0 Å². The van der Waals surface area contributed by atoms with E-state index >= 15 is 0 Å². The Morgan fingerprint density at radius 2 is 2.44 bits per heavy atom. The highest BCUT2D eigenvalue weighted by molar-refractivity contribution is 9.10. The molecule has 2 atom stereocenters. The molecule has 0 saturated carbocycles. The molecule has 1 aliphatic rings. The predicted octanol–water partition coefficient (Wildman–Crippen LogP) is 2.23. The third-order valence-corrected chi connectivity index (χ3v) is 3.89. The first-order valence-corrected chi connectivity index (χ1v) is 6.31. The van der Waals surface area contributed by atoms with E-state index in [1.165, 1.54) is 10.9 Å². The van der Waals surface area contributed by atoms with Gasteiger partial charge in [-0.15, -0.1) is 0 Å². The molecule has 1 saturated heterocycles. The number of hydrogen-bond acceptors (Lipinski definition) is 3. The normalized spacial score (nSPS) is 24.9. The Kier molecular flexibility index (Phi) is 3.66. The van der Waals surface area contributed by atoms with Crippen LogP contribution in [0.3, 0.4) is 0 Å². The Hall–Kier alpha value is -0.390. The minimum Gasteiger partial charge on any atom is -0.373 e. The van der Waals surface area contributed by atoms with Crippen LogP contribution in [0.5, 0.6) is 0 Å². The Balaban J connectivity index is 2.16. The van der Waals surface area contributed by atoms with E-state index in [9.17, 15) is 4.79 Å². The van der Waals surface area contributed by atoms with Gasteiger partial charge in [0, 0.05) is 0 Å². The Morgan fingerprint density at radius 1 is 1.69 bits per heavy atom. The molecule has 2 rings (SSSR count). The van der Waals surface area contributed by atoms with Crippen LogP contribution in [0.25, 0.3) is 0 Å². The fraction of sp³-hybridized carbons (Fsp3) is 0.600. The number of hydrogen-bond donors (Lipinski definition) is 0. The van der Waals surface area contributed by atoms with Gasteiger partial charge < -0.3 is 4.74 Å². The smallest absolute Gasteiger partial charge is 0.269 e. The standard InChI is InChI=1S/C10H12BrClN2O2/c1-6-2-3-7(16-6)4-14-5-13-9(12)8(11)10(14)15/h5-7H,2-4H2,1H3. The van der Waals surface area contributed by atoms with E-state index in [1.807, 2.05) is 6.92 Å². The monoisotopic (exact) mass is 306 g/mol. The molecule has 16 heavy (non-hydrogen) atoms. The van der Waals surface area contributed by atoms with Gasteiger partial charge in [-0.2, -0.15) is 0 Å². The average molecular weight is 308 g/mol. The van der Waals surface area contributed by atoms with E-state index in [0.29, 0.717) is 11.0 Å². The van der Waals surface area contributed by atoms with E-state index in [4.69, 9.17) is 16.3 Å². The van der Waals surface area contributed by atoms with Crippen molar-refractivity contribution < 1.29 is 4.74 Å². The van der Waals surface area contributed by atoms with Gasteiger partial charge in [-0.05, 0) is 35.7 Å². The zero-order valence-electron chi connectivity index (χ0n) is 8.82. The van der Waals surface area contributed by atoms with Crippen molar-refractivity contribution in [1.82, 2.24) is 9.55 Å². The van der Waals surface area contributed by atoms with Crippen LogP contribution in [-0.4, -0.2) is 21.8 Å². The molecule has 0 radical (unpaired) electrons. The lowest BCUT2D eigenvalue weighted by atomic mass is 10.2. The third kappa shape index (κ3) is 2.47. The molecule has 2 unspecified atom stereocenters. The molecule has 0 aromatic carbocycles. The topological polar surface area (TPSA) is 44.1 Å².